The van der Waals surface area contributed by atoms with Crippen molar-refractivity contribution >= 4 is 28.1 Å². The molecule has 1 atom stereocenters. The molecule has 2 aliphatic rings. The van der Waals surface area contributed by atoms with Crippen molar-refractivity contribution in [3.05, 3.63) is 94.7 Å². The van der Waals surface area contributed by atoms with Crippen LogP contribution in [0, 0.1) is 17.9 Å². The average molecular weight is 520 g/mol. The molecule has 2 aliphatic carbocycles. The summed E-state index contributed by atoms with van der Waals surface area (Å²) in [6.07, 6.45) is 12.6. The highest BCUT2D eigenvalue weighted by molar-refractivity contribution is 5.80. The van der Waals surface area contributed by atoms with Gasteiger partial charge in [-0.1, -0.05) is 77.0 Å². The minimum absolute atomic E-state index is 0.0618. The number of para-hydroxylation sites is 2. The molecule has 3 aromatic rings. The minimum atomic E-state index is 0.0618. The molecule has 1 unspecified atom stereocenters. The molecule has 5 rings (SSSR count). The molecule has 202 valence electrons. The molecule has 2 aromatic carbocycles. The third-order valence-electron chi connectivity index (χ3n) is 8.45. The maximum absolute atomic E-state index is 8.00. The number of oxazole rings is 1. The Morgan fingerprint density at radius 1 is 1.03 bits per heavy atom. The predicted octanol–water partition coefficient (Wildman–Crippen LogP) is 9.71. The van der Waals surface area contributed by atoms with Crippen LogP contribution in [0.3, 0.4) is 0 Å². The van der Waals surface area contributed by atoms with Crippen molar-refractivity contribution in [2.45, 2.75) is 72.6 Å². The maximum Gasteiger partial charge on any atom is 0.250 e. The summed E-state index contributed by atoms with van der Waals surface area (Å²) in [6, 6.07) is 17.0. The van der Waals surface area contributed by atoms with E-state index in [1.165, 1.54) is 48.1 Å². The zero-order valence-electron chi connectivity index (χ0n) is 24.0. The molecular formula is C35H41N3O. The Labute approximate surface area is 233 Å². The second-order valence-corrected chi connectivity index (χ2v) is 11.8. The lowest BCUT2D eigenvalue weighted by Crippen LogP contribution is -2.31. The SMILES string of the molecule is [C-]#[N+]/C(=C1\C=C2C=C(c3ccc(N(CCCC)CCCC)cc3)CCC2C(C)(C)C1)c1nc2ccccc2o1. The molecule has 0 saturated heterocycles. The first-order valence-electron chi connectivity index (χ1n) is 14.7. The fraction of sp³-hybridized carbons (Fsp3) is 0.429. The number of rotatable bonds is 9. The lowest BCUT2D eigenvalue weighted by molar-refractivity contribution is 0.228. The van der Waals surface area contributed by atoms with Crippen molar-refractivity contribution in [3.63, 3.8) is 0 Å². The second kappa shape index (κ2) is 11.7. The quantitative estimate of drug-likeness (QED) is 0.264. The van der Waals surface area contributed by atoms with Crippen LogP contribution in [0.15, 0.2) is 76.2 Å². The number of hydrogen-bond donors (Lipinski definition) is 0. The molecule has 0 saturated carbocycles. The fourth-order valence-electron chi connectivity index (χ4n) is 6.26. The van der Waals surface area contributed by atoms with E-state index in [0.29, 0.717) is 17.5 Å². The summed E-state index contributed by atoms with van der Waals surface area (Å²) in [7, 11) is 0. The van der Waals surface area contributed by atoms with Gasteiger partial charge in [0.15, 0.2) is 5.58 Å². The number of aromatic nitrogens is 1. The van der Waals surface area contributed by atoms with Gasteiger partial charge in [-0.25, -0.2) is 9.83 Å². The van der Waals surface area contributed by atoms with Crippen molar-refractivity contribution in [1.29, 1.82) is 0 Å². The van der Waals surface area contributed by atoms with Crippen LogP contribution in [0.25, 0.3) is 27.2 Å². The van der Waals surface area contributed by atoms with Crippen molar-refractivity contribution in [2.75, 3.05) is 18.0 Å². The first-order valence-corrected chi connectivity index (χ1v) is 14.7. The lowest BCUT2D eigenvalue weighted by Gasteiger charge is -2.42. The summed E-state index contributed by atoms with van der Waals surface area (Å²) >= 11 is 0. The molecule has 4 nitrogen and oxygen atoms in total. The minimum Gasteiger partial charge on any atom is -0.447 e. The van der Waals surface area contributed by atoms with Crippen LogP contribution >= 0.6 is 0 Å². The van der Waals surface area contributed by atoms with E-state index in [1.54, 1.807) is 0 Å². The number of benzene rings is 2. The van der Waals surface area contributed by atoms with Gasteiger partial charge < -0.3 is 9.32 Å². The molecule has 0 amide bonds. The predicted molar refractivity (Wildman–Crippen MR) is 163 cm³/mol. The fourth-order valence-corrected chi connectivity index (χ4v) is 6.26. The summed E-state index contributed by atoms with van der Waals surface area (Å²) < 4.78 is 6.02. The highest BCUT2D eigenvalue weighted by atomic mass is 16.3. The van der Waals surface area contributed by atoms with E-state index in [4.69, 9.17) is 11.0 Å². The first-order chi connectivity index (χ1) is 18.9. The molecule has 0 bridgehead atoms. The average Bonchev–Trinajstić information content (AvgIpc) is 3.37. The highest BCUT2D eigenvalue weighted by Crippen LogP contribution is 2.51. The van der Waals surface area contributed by atoms with Crippen LogP contribution in [-0.2, 0) is 0 Å². The van der Waals surface area contributed by atoms with Crippen LogP contribution in [0.4, 0.5) is 5.69 Å². The van der Waals surface area contributed by atoms with Crippen LogP contribution in [0.5, 0.6) is 0 Å². The number of allylic oxidation sites excluding steroid dienone is 5. The van der Waals surface area contributed by atoms with E-state index in [2.05, 4.69) is 78.8 Å². The smallest absolute Gasteiger partial charge is 0.250 e. The Hall–Kier alpha value is -3.58. The monoisotopic (exact) mass is 519 g/mol. The molecule has 39 heavy (non-hydrogen) atoms. The van der Waals surface area contributed by atoms with Gasteiger partial charge in [0, 0.05) is 18.8 Å². The summed E-state index contributed by atoms with van der Waals surface area (Å²) in [4.78, 5) is 11.1. The second-order valence-electron chi connectivity index (χ2n) is 11.8. The number of nitrogens with zero attached hydrogens (tertiary/aromatic N) is 3. The van der Waals surface area contributed by atoms with E-state index in [9.17, 15) is 0 Å². The van der Waals surface area contributed by atoms with Crippen LogP contribution in [0.1, 0.15) is 84.1 Å². The Morgan fingerprint density at radius 2 is 1.74 bits per heavy atom. The zero-order valence-corrected chi connectivity index (χ0v) is 24.0. The topological polar surface area (TPSA) is 33.6 Å². The molecule has 1 heterocycles. The molecule has 0 spiro atoms. The van der Waals surface area contributed by atoms with E-state index >= 15 is 0 Å². The van der Waals surface area contributed by atoms with Crippen LogP contribution in [-0.4, -0.2) is 18.1 Å². The lowest BCUT2D eigenvalue weighted by atomic mass is 9.62. The normalized spacial score (nSPS) is 19.6. The van der Waals surface area contributed by atoms with Crippen molar-refractivity contribution in [2.24, 2.45) is 11.3 Å². The van der Waals surface area contributed by atoms with Gasteiger partial charge in [-0.15, -0.1) is 0 Å². The largest absolute Gasteiger partial charge is 0.447 e. The van der Waals surface area contributed by atoms with Gasteiger partial charge in [-0.3, -0.25) is 0 Å². The van der Waals surface area contributed by atoms with Crippen molar-refractivity contribution < 1.29 is 4.42 Å². The third kappa shape index (κ3) is 5.74. The zero-order chi connectivity index (χ0) is 27.4. The number of hydrogen-bond acceptors (Lipinski definition) is 3. The maximum atomic E-state index is 8.00. The van der Waals surface area contributed by atoms with E-state index in [0.717, 1.165) is 49.0 Å². The van der Waals surface area contributed by atoms with Gasteiger partial charge in [0.1, 0.15) is 5.52 Å². The molecule has 1 aromatic heterocycles. The molecule has 0 N–H and O–H groups in total. The van der Waals surface area contributed by atoms with E-state index in [1.807, 2.05) is 24.3 Å². The molecule has 0 aliphatic heterocycles. The van der Waals surface area contributed by atoms with Gasteiger partial charge >= 0.3 is 0 Å². The van der Waals surface area contributed by atoms with Gasteiger partial charge in [-0.05, 0) is 90.0 Å². The summed E-state index contributed by atoms with van der Waals surface area (Å²) in [5, 5.41) is 0. The Morgan fingerprint density at radius 3 is 2.41 bits per heavy atom. The summed E-state index contributed by atoms with van der Waals surface area (Å²) in [5.74, 6) is 0.914. The number of unbranched alkanes of at least 4 members (excludes halogenated alkanes) is 2. The van der Waals surface area contributed by atoms with Gasteiger partial charge in [-0.2, -0.15) is 0 Å². The third-order valence-corrected chi connectivity index (χ3v) is 8.45. The summed E-state index contributed by atoms with van der Waals surface area (Å²) in [5.41, 5.74) is 8.50. The van der Waals surface area contributed by atoms with E-state index < -0.39 is 0 Å². The molecule has 0 fully saturated rings. The van der Waals surface area contributed by atoms with Crippen LogP contribution in [0.2, 0.25) is 0 Å². The first kappa shape index (κ1) is 27.0. The summed E-state index contributed by atoms with van der Waals surface area (Å²) in [6.45, 7) is 19.5. The Bertz CT molecular complexity index is 1400. The highest BCUT2D eigenvalue weighted by Gasteiger charge is 2.38. The molecule has 4 heteroatoms. The number of anilines is 1. The number of fused-ring (bicyclic) bond motifs is 2. The standard InChI is InChI=1S/C35H41N3O/c1-6-8-20-38(21-9-7-2)29-17-14-25(15-18-29)26-16-19-30-27(22-26)23-28(24-35(30,3)4)33(36-5)34-37-31-12-10-11-13-32(31)39-34/h10-15,17-18,22-23,30H,6-9,16,19-21,24H2,1-4H3/b33-28+. The van der Waals surface area contributed by atoms with Gasteiger partial charge in [0.05, 0.1) is 6.57 Å². The van der Waals surface area contributed by atoms with Gasteiger partial charge in [0.2, 0.25) is 5.89 Å². The van der Waals surface area contributed by atoms with Crippen molar-refractivity contribution in [1.82, 2.24) is 4.98 Å². The molecular weight excluding hydrogens is 478 g/mol. The van der Waals surface area contributed by atoms with Gasteiger partial charge in [0.25, 0.3) is 5.70 Å². The molecule has 0 radical (unpaired) electrons. The van der Waals surface area contributed by atoms with Crippen LogP contribution < -0.4 is 4.90 Å². The van der Waals surface area contributed by atoms with Crippen molar-refractivity contribution in [3.8, 4) is 0 Å². The van der Waals surface area contributed by atoms with E-state index in [-0.39, 0.29) is 5.41 Å². The Balaban J connectivity index is 1.47. The Kier molecular flexibility index (Phi) is 8.07.